The van der Waals surface area contributed by atoms with Crippen LogP contribution in [0.4, 0.5) is 0 Å². The third-order valence-electron chi connectivity index (χ3n) is 6.91. The molecule has 3 aliphatic carbocycles. The summed E-state index contributed by atoms with van der Waals surface area (Å²) >= 11 is 14.7. The highest BCUT2D eigenvalue weighted by Gasteiger charge is 2.73. The van der Waals surface area contributed by atoms with Crippen LogP contribution >= 0.6 is 23.2 Å². The van der Waals surface area contributed by atoms with Gasteiger partial charge in [-0.05, 0) is 34.6 Å². The second-order valence-electron chi connectivity index (χ2n) is 9.00. The summed E-state index contributed by atoms with van der Waals surface area (Å²) in [7, 11) is 0. The zero-order valence-corrected chi connectivity index (χ0v) is 18.5. The highest BCUT2D eigenvalue weighted by atomic mass is 35.5. The average molecular weight is 458 g/mol. The lowest BCUT2D eigenvalue weighted by Crippen LogP contribution is -2.57. The molecule has 3 unspecified atom stereocenters. The van der Waals surface area contributed by atoms with Crippen molar-refractivity contribution in [1.29, 1.82) is 0 Å². The predicted molar refractivity (Wildman–Crippen MR) is 116 cm³/mol. The van der Waals surface area contributed by atoms with E-state index in [1.54, 1.807) is 0 Å². The van der Waals surface area contributed by atoms with E-state index in [-0.39, 0.29) is 12.3 Å². The van der Waals surface area contributed by atoms with Crippen molar-refractivity contribution in [2.45, 2.75) is 36.1 Å². The van der Waals surface area contributed by atoms with Crippen LogP contribution in [-0.2, 0) is 24.1 Å². The largest absolute Gasteiger partial charge is 0.480 e. The number of hydrogen-bond donors (Lipinski definition) is 1. The van der Waals surface area contributed by atoms with Gasteiger partial charge in [0.2, 0.25) is 11.8 Å². The molecule has 4 aliphatic rings. The molecule has 5 nitrogen and oxygen atoms in total. The van der Waals surface area contributed by atoms with E-state index in [9.17, 15) is 19.5 Å². The Morgan fingerprint density at radius 3 is 1.55 bits per heavy atom. The Bertz CT molecular complexity index is 1020. The minimum absolute atomic E-state index is 0.0228. The summed E-state index contributed by atoms with van der Waals surface area (Å²) in [6.07, 6.45) is 0.163. The minimum atomic E-state index is -1.29. The SMILES string of the molecule is CC(C)CC(C(=O)O)N1C(=O)C2C(C1=O)C1(Cl)c3ccccc3C2(Cl)c2ccccc21. The van der Waals surface area contributed by atoms with Crippen molar-refractivity contribution >= 4 is 41.0 Å². The van der Waals surface area contributed by atoms with E-state index in [1.165, 1.54) is 0 Å². The van der Waals surface area contributed by atoms with Crippen molar-refractivity contribution in [3.63, 3.8) is 0 Å². The molecule has 31 heavy (non-hydrogen) atoms. The number of carboxylic acids is 1. The maximum atomic E-state index is 13.7. The Morgan fingerprint density at radius 2 is 1.26 bits per heavy atom. The van der Waals surface area contributed by atoms with Gasteiger partial charge in [0.25, 0.3) is 0 Å². The zero-order valence-electron chi connectivity index (χ0n) is 17.0. The van der Waals surface area contributed by atoms with E-state index in [1.807, 2.05) is 62.4 Å². The third kappa shape index (κ3) is 2.36. The van der Waals surface area contributed by atoms with Crippen molar-refractivity contribution in [3.05, 3.63) is 70.8 Å². The maximum absolute atomic E-state index is 13.7. The Kier molecular flexibility index (Phi) is 4.35. The number of hydrogen-bond acceptors (Lipinski definition) is 3. The minimum Gasteiger partial charge on any atom is -0.480 e. The Balaban J connectivity index is 1.78. The Labute approximate surface area is 189 Å². The standard InChI is InChI=1S/C24H21Cl2NO4/c1-12(2)11-17(22(30)31)27-20(28)18-19(21(27)29)24(26)14-8-4-3-7-13(14)23(18,25)15-9-5-6-10-16(15)24/h3-10,12,17-19H,11H2,1-2H3,(H,30,31). The predicted octanol–water partition coefficient (Wildman–Crippen LogP) is 4.08. The van der Waals surface area contributed by atoms with Crippen LogP contribution < -0.4 is 0 Å². The number of rotatable bonds is 4. The third-order valence-corrected chi connectivity index (χ3v) is 8.20. The number of halogens is 2. The fourth-order valence-corrected chi connectivity index (χ4v) is 6.86. The summed E-state index contributed by atoms with van der Waals surface area (Å²) < 4.78 is 0. The molecule has 1 aliphatic heterocycles. The van der Waals surface area contributed by atoms with Crippen LogP contribution in [0.25, 0.3) is 0 Å². The van der Waals surface area contributed by atoms with Crippen LogP contribution in [0.1, 0.15) is 42.5 Å². The number of carbonyl (C=O) groups excluding carboxylic acids is 2. The van der Waals surface area contributed by atoms with E-state index in [0.29, 0.717) is 22.3 Å². The molecule has 2 amide bonds. The number of carboxylic acid groups (broad SMARTS) is 1. The molecule has 160 valence electrons. The Morgan fingerprint density at radius 1 is 0.903 bits per heavy atom. The number of alkyl halides is 2. The van der Waals surface area contributed by atoms with Gasteiger partial charge in [-0.25, -0.2) is 4.79 Å². The second-order valence-corrected chi connectivity index (χ2v) is 10.2. The molecule has 2 bridgehead atoms. The van der Waals surface area contributed by atoms with E-state index < -0.39 is 45.4 Å². The number of benzene rings is 2. The van der Waals surface area contributed by atoms with Crippen LogP contribution in [0.2, 0.25) is 0 Å². The lowest BCUT2D eigenvalue weighted by atomic mass is 9.54. The first-order valence-corrected chi connectivity index (χ1v) is 11.1. The summed E-state index contributed by atoms with van der Waals surface area (Å²) in [5.41, 5.74) is 2.80. The number of nitrogens with zero attached hydrogens (tertiary/aromatic N) is 1. The molecule has 1 saturated heterocycles. The fraction of sp³-hybridized carbons (Fsp3) is 0.375. The van der Waals surface area contributed by atoms with E-state index in [4.69, 9.17) is 23.2 Å². The first-order valence-electron chi connectivity index (χ1n) is 10.3. The fourth-order valence-electron chi connectivity index (χ4n) is 5.76. The normalized spacial score (nSPS) is 31.5. The second kappa shape index (κ2) is 6.57. The number of imide groups is 1. The van der Waals surface area contributed by atoms with Crippen LogP contribution in [0.15, 0.2) is 48.5 Å². The molecule has 1 heterocycles. The molecule has 2 aromatic rings. The van der Waals surface area contributed by atoms with Gasteiger partial charge in [-0.2, -0.15) is 0 Å². The van der Waals surface area contributed by atoms with Crippen LogP contribution in [0, 0.1) is 17.8 Å². The molecule has 0 saturated carbocycles. The lowest BCUT2D eigenvalue weighted by Gasteiger charge is -2.54. The molecule has 0 radical (unpaired) electrons. The molecule has 1 fully saturated rings. The van der Waals surface area contributed by atoms with Crippen molar-refractivity contribution in [1.82, 2.24) is 4.90 Å². The van der Waals surface area contributed by atoms with Gasteiger partial charge in [0, 0.05) is 0 Å². The van der Waals surface area contributed by atoms with Crippen molar-refractivity contribution in [2.75, 3.05) is 0 Å². The molecule has 2 aromatic carbocycles. The Hall–Kier alpha value is -2.37. The van der Waals surface area contributed by atoms with Crippen LogP contribution in [-0.4, -0.2) is 33.8 Å². The first kappa shape index (κ1) is 20.5. The molecule has 3 atom stereocenters. The highest BCUT2D eigenvalue weighted by molar-refractivity contribution is 6.36. The summed E-state index contributed by atoms with van der Waals surface area (Å²) in [6, 6.07) is 13.4. The molecular weight excluding hydrogens is 437 g/mol. The molecule has 7 heteroatoms. The zero-order chi connectivity index (χ0) is 22.3. The first-order chi connectivity index (χ1) is 14.6. The maximum Gasteiger partial charge on any atom is 0.326 e. The van der Waals surface area contributed by atoms with E-state index >= 15 is 0 Å². The molecule has 6 rings (SSSR count). The van der Waals surface area contributed by atoms with Gasteiger partial charge < -0.3 is 5.11 Å². The number of carbonyl (C=O) groups is 3. The number of likely N-dealkylation sites (tertiary alicyclic amines) is 1. The molecule has 1 N–H and O–H groups in total. The molecule has 0 aromatic heterocycles. The van der Waals surface area contributed by atoms with Crippen molar-refractivity contribution in [2.24, 2.45) is 17.8 Å². The average Bonchev–Trinajstić information content (AvgIpc) is 3.01. The van der Waals surface area contributed by atoms with Gasteiger partial charge in [0.05, 0.1) is 11.8 Å². The lowest BCUT2D eigenvalue weighted by molar-refractivity contribution is -0.155. The molecular formula is C24H21Cl2NO4. The number of amides is 2. The van der Waals surface area contributed by atoms with Crippen molar-refractivity contribution in [3.8, 4) is 0 Å². The van der Waals surface area contributed by atoms with E-state index in [2.05, 4.69) is 0 Å². The van der Waals surface area contributed by atoms with Gasteiger partial charge in [0.1, 0.15) is 15.8 Å². The topological polar surface area (TPSA) is 74.7 Å². The highest BCUT2D eigenvalue weighted by Crippen LogP contribution is 2.69. The van der Waals surface area contributed by atoms with Gasteiger partial charge in [-0.3, -0.25) is 14.5 Å². The summed E-state index contributed by atoms with van der Waals surface area (Å²) in [6.45, 7) is 3.71. The summed E-state index contributed by atoms with van der Waals surface area (Å²) in [5.74, 6) is -4.30. The monoisotopic (exact) mass is 457 g/mol. The molecule has 0 spiro atoms. The van der Waals surface area contributed by atoms with Gasteiger partial charge >= 0.3 is 5.97 Å². The quantitative estimate of drug-likeness (QED) is 0.554. The smallest absolute Gasteiger partial charge is 0.326 e. The number of aliphatic carboxylic acids is 1. The van der Waals surface area contributed by atoms with Crippen LogP contribution in [0.3, 0.4) is 0 Å². The van der Waals surface area contributed by atoms with Gasteiger partial charge in [-0.15, -0.1) is 23.2 Å². The summed E-state index contributed by atoms with van der Waals surface area (Å²) in [4.78, 5) is 37.9. The van der Waals surface area contributed by atoms with Gasteiger partial charge in [-0.1, -0.05) is 62.4 Å². The van der Waals surface area contributed by atoms with E-state index in [0.717, 1.165) is 4.90 Å². The summed E-state index contributed by atoms with van der Waals surface area (Å²) in [5, 5.41) is 9.86. The van der Waals surface area contributed by atoms with Gasteiger partial charge in [0.15, 0.2) is 0 Å². The van der Waals surface area contributed by atoms with Crippen molar-refractivity contribution < 1.29 is 19.5 Å². The van der Waals surface area contributed by atoms with Crippen LogP contribution in [0.5, 0.6) is 0 Å².